The zero-order valence-electron chi connectivity index (χ0n) is 11.7. The van der Waals surface area contributed by atoms with E-state index < -0.39 is 5.97 Å². The highest BCUT2D eigenvalue weighted by Gasteiger charge is 2.09. The average molecular weight is 270 g/mol. The Balaban J connectivity index is 2.07. The van der Waals surface area contributed by atoms with Crippen molar-refractivity contribution in [3.8, 4) is 0 Å². The molecule has 1 N–H and O–H groups in total. The molecule has 1 aromatic carbocycles. The summed E-state index contributed by atoms with van der Waals surface area (Å²) in [5.74, 6) is -0.872. The number of hydrogen-bond donors (Lipinski definition) is 1. The van der Waals surface area contributed by atoms with Gasteiger partial charge in [0.05, 0.1) is 5.56 Å². The molecule has 0 atom stereocenters. The molecule has 1 aromatic heterocycles. The Morgan fingerprint density at radius 3 is 2.75 bits per heavy atom. The van der Waals surface area contributed by atoms with E-state index in [2.05, 4.69) is 9.88 Å². The molecule has 0 aliphatic carbocycles. The topological polar surface area (TPSA) is 53.4 Å². The first kappa shape index (κ1) is 14.1. The number of carboxylic acid groups (broad SMARTS) is 1. The number of hydrogen-bond acceptors (Lipinski definition) is 3. The number of likely N-dealkylation sites (N-methyl/N-ethyl adjacent to an activating group) is 1. The Hall–Kier alpha value is -2.36. The van der Waals surface area contributed by atoms with Gasteiger partial charge in [-0.05, 0) is 37.1 Å². The van der Waals surface area contributed by atoms with Crippen LogP contribution in [0.5, 0.6) is 0 Å². The Bertz CT molecular complexity index is 611. The molecular weight excluding hydrogens is 252 g/mol. The first-order valence-corrected chi connectivity index (χ1v) is 6.53. The molecule has 4 nitrogen and oxygen atoms in total. The van der Waals surface area contributed by atoms with E-state index in [0.717, 1.165) is 23.5 Å². The molecule has 1 heterocycles. The van der Waals surface area contributed by atoms with Gasteiger partial charge in [0, 0.05) is 31.2 Å². The van der Waals surface area contributed by atoms with Crippen LogP contribution in [0.3, 0.4) is 0 Å². The summed E-state index contributed by atoms with van der Waals surface area (Å²) in [5.41, 5.74) is 3.30. The van der Waals surface area contributed by atoms with Crippen LogP contribution < -0.4 is 4.90 Å². The van der Waals surface area contributed by atoms with Gasteiger partial charge < -0.3 is 10.0 Å². The van der Waals surface area contributed by atoms with Crippen molar-refractivity contribution >= 4 is 11.7 Å². The van der Waals surface area contributed by atoms with Crippen LogP contribution in [-0.4, -0.2) is 29.7 Å². The SMILES string of the molecule is Cc1cc(N(C)CCc2ccccc2C(=O)O)ccn1. The second-order valence-electron chi connectivity index (χ2n) is 4.79. The monoisotopic (exact) mass is 270 g/mol. The highest BCUT2D eigenvalue weighted by atomic mass is 16.4. The van der Waals surface area contributed by atoms with Crippen molar-refractivity contribution in [3.05, 3.63) is 59.4 Å². The van der Waals surface area contributed by atoms with Crippen LogP contribution >= 0.6 is 0 Å². The van der Waals surface area contributed by atoms with Crippen molar-refractivity contribution in [1.29, 1.82) is 0 Å². The molecule has 0 saturated heterocycles. The molecule has 0 radical (unpaired) electrons. The summed E-state index contributed by atoms with van der Waals surface area (Å²) in [7, 11) is 2.00. The average Bonchev–Trinajstić information content (AvgIpc) is 2.45. The van der Waals surface area contributed by atoms with Crippen LogP contribution in [0.4, 0.5) is 5.69 Å². The maximum Gasteiger partial charge on any atom is 0.335 e. The number of anilines is 1. The van der Waals surface area contributed by atoms with E-state index in [0.29, 0.717) is 12.0 Å². The molecule has 104 valence electrons. The van der Waals surface area contributed by atoms with Crippen molar-refractivity contribution < 1.29 is 9.90 Å². The van der Waals surface area contributed by atoms with Gasteiger partial charge in [-0.3, -0.25) is 4.98 Å². The first-order chi connectivity index (χ1) is 9.58. The summed E-state index contributed by atoms with van der Waals surface area (Å²) in [5, 5.41) is 9.16. The quantitative estimate of drug-likeness (QED) is 0.907. The number of aryl methyl sites for hydroxylation is 1. The van der Waals surface area contributed by atoms with E-state index in [1.807, 2.05) is 38.2 Å². The predicted molar refractivity (Wildman–Crippen MR) is 79.3 cm³/mol. The molecule has 0 bridgehead atoms. The summed E-state index contributed by atoms with van der Waals surface area (Å²) in [4.78, 5) is 17.4. The van der Waals surface area contributed by atoms with E-state index >= 15 is 0 Å². The molecule has 0 amide bonds. The minimum atomic E-state index is -0.872. The Morgan fingerprint density at radius 1 is 1.30 bits per heavy atom. The summed E-state index contributed by atoms with van der Waals surface area (Å²) in [6, 6.07) is 11.1. The number of pyridine rings is 1. The van der Waals surface area contributed by atoms with Gasteiger partial charge >= 0.3 is 5.97 Å². The highest BCUT2D eigenvalue weighted by Crippen LogP contribution is 2.15. The standard InChI is InChI=1S/C16H18N2O2/c1-12-11-14(7-9-17-12)18(2)10-8-13-5-3-4-6-15(13)16(19)20/h3-7,9,11H,8,10H2,1-2H3,(H,19,20). The number of carboxylic acids is 1. The first-order valence-electron chi connectivity index (χ1n) is 6.53. The van der Waals surface area contributed by atoms with Gasteiger partial charge in [0.1, 0.15) is 0 Å². The van der Waals surface area contributed by atoms with Crippen molar-refractivity contribution in [3.63, 3.8) is 0 Å². The fraction of sp³-hybridized carbons (Fsp3) is 0.250. The Labute approximate surface area is 118 Å². The zero-order valence-corrected chi connectivity index (χ0v) is 11.7. The Kier molecular flexibility index (Phi) is 4.35. The number of aromatic carboxylic acids is 1. The number of rotatable bonds is 5. The summed E-state index contributed by atoms with van der Waals surface area (Å²) in [6.07, 6.45) is 2.48. The molecule has 0 fully saturated rings. The summed E-state index contributed by atoms with van der Waals surface area (Å²) >= 11 is 0. The summed E-state index contributed by atoms with van der Waals surface area (Å²) in [6.45, 7) is 2.71. The third-order valence-corrected chi connectivity index (χ3v) is 3.29. The maximum atomic E-state index is 11.2. The van der Waals surface area contributed by atoms with Gasteiger partial charge in [0.15, 0.2) is 0 Å². The smallest absolute Gasteiger partial charge is 0.335 e. The van der Waals surface area contributed by atoms with Crippen LogP contribution in [0.25, 0.3) is 0 Å². The van der Waals surface area contributed by atoms with Gasteiger partial charge in [0.2, 0.25) is 0 Å². The van der Waals surface area contributed by atoms with Crippen LogP contribution in [-0.2, 0) is 6.42 Å². The van der Waals surface area contributed by atoms with E-state index in [-0.39, 0.29) is 0 Å². The molecule has 4 heteroatoms. The summed E-state index contributed by atoms with van der Waals surface area (Å²) < 4.78 is 0. The second-order valence-corrected chi connectivity index (χ2v) is 4.79. The third kappa shape index (κ3) is 3.35. The molecule has 2 rings (SSSR count). The molecule has 0 saturated carbocycles. The lowest BCUT2D eigenvalue weighted by Crippen LogP contribution is -2.21. The molecule has 0 spiro atoms. The number of aromatic nitrogens is 1. The van der Waals surface area contributed by atoms with Crippen molar-refractivity contribution in [2.24, 2.45) is 0 Å². The maximum absolute atomic E-state index is 11.2. The van der Waals surface area contributed by atoms with Crippen molar-refractivity contribution in [2.75, 3.05) is 18.5 Å². The molecule has 20 heavy (non-hydrogen) atoms. The minimum absolute atomic E-state index is 0.381. The third-order valence-electron chi connectivity index (χ3n) is 3.29. The van der Waals surface area contributed by atoms with E-state index in [1.165, 1.54) is 0 Å². The van der Waals surface area contributed by atoms with Gasteiger partial charge in [-0.25, -0.2) is 4.79 Å². The lowest BCUT2D eigenvalue weighted by molar-refractivity contribution is 0.0695. The zero-order chi connectivity index (χ0) is 14.5. The van der Waals surface area contributed by atoms with Gasteiger partial charge in [0.25, 0.3) is 0 Å². The normalized spacial score (nSPS) is 10.3. The molecule has 0 aliphatic rings. The fourth-order valence-corrected chi connectivity index (χ4v) is 2.13. The lowest BCUT2D eigenvalue weighted by Gasteiger charge is -2.20. The van der Waals surface area contributed by atoms with Crippen molar-refractivity contribution in [2.45, 2.75) is 13.3 Å². The van der Waals surface area contributed by atoms with Crippen LogP contribution in [0, 0.1) is 6.92 Å². The van der Waals surface area contributed by atoms with Gasteiger partial charge in [-0.1, -0.05) is 18.2 Å². The van der Waals surface area contributed by atoms with E-state index in [1.54, 1.807) is 18.3 Å². The van der Waals surface area contributed by atoms with Crippen LogP contribution in [0.1, 0.15) is 21.6 Å². The van der Waals surface area contributed by atoms with Crippen LogP contribution in [0.2, 0.25) is 0 Å². The predicted octanol–water partition coefficient (Wildman–Crippen LogP) is 2.77. The largest absolute Gasteiger partial charge is 0.478 e. The molecule has 0 aliphatic heterocycles. The fourth-order valence-electron chi connectivity index (χ4n) is 2.13. The molecular formula is C16H18N2O2. The highest BCUT2D eigenvalue weighted by molar-refractivity contribution is 5.89. The number of carbonyl (C=O) groups is 1. The van der Waals surface area contributed by atoms with Crippen LogP contribution in [0.15, 0.2) is 42.6 Å². The number of benzene rings is 1. The van der Waals surface area contributed by atoms with E-state index in [9.17, 15) is 4.79 Å². The Morgan fingerprint density at radius 2 is 2.05 bits per heavy atom. The van der Waals surface area contributed by atoms with Gasteiger partial charge in [-0.15, -0.1) is 0 Å². The second kappa shape index (κ2) is 6.19. The number of nitrogens with zero attached hydrogens (tertiary/aromatic N) is 2. The van der Waals surface area contributed by atoms with E-state index in [4.69, 9.17) is 5.11 Å². The lowest BCUT2D eigenvalue weighted by atomic mass is 10.0. The van der Waals surface area contributed by atoms with Gasteiger partial charge in [-0.2, -0.15) is 0 Å². The van der Waals surface area contributed by atoms with Crippen molar-refractivity contribution in [1.82, 2.24) is 4.98 Å². The molecule has 0 unspecified atom stereocenters. The minimum Gasteiger partial charge on any atom is -0.478 e. The molecule has 2 aromatic rings.